The van der Waals surface area contributed by atoms with Crippen molar-refractivity contribution in [3.05, 3.63) is 58.3 Å². The highest BCUT2D eigenvalue weighted by Crippen LogP contribution is 2.28. The maximum absolute atomic E-state index is 13.5. The van der Waals surface area contributed by atoms with E-state index in [9.17, 15) is 17.2 Å². The predicted octanol–water partition coefficient (Wildman–Crippen LogP) is 4.54. The fraction of sp³-hybridized carbons (Fsp3) is 0.235. The monoisotopic (exact) mass is 443 g/mol. The topological polar surface area (TPSA) is 64.0 Å². The molecule has 0 amide bonds. The third kappa shape index (κ3) is 3.51. The van der Waals surface area contributed by atoms with Crippen molar-refractivity contribution in [3.63, 3.8) is 0 Å². The zero-order valence-electron chi connectivity index (χ0n) is 13.9. The molecule has 0 aliphatic rings. The number of rotatable bonds is 5. The highest BCUT2D eigenvalue weighted by Gasteiger charge is 2.26. The molecule has 0 unspecified atom stereocenters. The molecule has 9 heteroatoms. The van der Waals surface area contributed by atoms with Crippen LogP contribution in [0.4, 0.5) is 8.78 Å². The fourth-order valence-electron chi connectivity index (χ4n) is 2.71. The summed E-state index contributed by atoms with van der Waals surface area (Å²) < 4.78 is 56.3. The smallest absolute Gasteiger partial charge is 0.269 e. The van der Waals surface area contributed by atoms with Gasteiger partial charge in [0.05, 0.1) is 22.0 Å². The van der Waals surface area contributed by atoms with Gasteiger partial charge in [-0.3, -0.25) is 4.57 Å². The van der Waals surface area contributed by atoms with Gasteiger partial charge < -0.3 is 0 Å². The first-order valence-corrected chi connectivity index (χ1v) is 10.0. The Kier molecular flexibility index (Phi) is 5.14. The van der Waals surface area contributed by atoms with Crippen molar-refractivity contribution in [2.45, 2.75) is 31.3 Å². The van der Waals surface area contributed by atoms with Crippen molar-refractivity contribution < 1.29 is 17.2 Å². The van der Waals surface area contributed by atoms with Gasteiger partial charge in [0.25, 0.3) is 0 Å². The largest absolute Gasteiger partial charge is 0.320 e. The van der Waals surface area contributed by atoms with Crippen LogP contribution in [0.2, 0.25) is 0 Å². The Hall–Kier alpha value is -1.84. The van der Waals surface area contributed by atoms with Gasteiger partial charge in [0, 0.05) is 4.47 Å². The molecule has 0 aliphatic carbocycles. The van der Waals surface area contributed by atoms with Crippen molar-refractivity contribution in [1.82, 2.24) is 14.3 Å². The van der Waals surface area contributed by atoms with Crippen molar-refractivity contribution >= 4 is 37.0 Å². The maximum Gasteiger partial charge on any atom is 0.320 e. The van der Waals surface area contributed by atoms with E-state index in [1.165, 1.54) is 25.1 Å². The van der Waals surface area contributed by atoms with Gasteiger partial charge in [-0.1, -0.05) is 28.1 Å². The van der Waals surface area contributed by atoms with Crippen LogP contribution in [0.25, 0.3) is 11.0 Å². The molecule has 3 aromatic rings. The van der Waals surface area contributed by atoms with Gasteiger partial charge in [0.15, 0.2) is 0 Å². The number of sulfonamides is 1. The van der Waals surface area contributed by atoms with Crippen molar-refractivity contribution in [2.75, 3.05) is 0 Å². The Morgan fingerprint density at radius 3 is 2.54 bits per heavy atom. The summed E-state index contributed by atoms with van der Waals surface area (Å²) in [6.45, 7) is 0.422. The van der Waals surface area contributed by atoms with Crippen LogP contribution in [-0.2, 0) is 10.0 Å². The summed E-state index contributed by atoms with van der Waals surface area (Å²) in [7, 11) is -3.90. The fourth-order valence-corrected chi connectivity index (χ4v) is 4.24. The Morgan fingerprint density at radius 1 is 1.19 bits per heavy atom. The molecule has 0 radical (unpaired) electrons. The first-order valence-electron chi connectivity index (χ1n) is 7.74. The molecule has 0 saturated carbocycles. The lowest BCUT2D eigenvalue weighted by Gasteiger charge is -2.16. The Balaban J connectivity index is 1.99. The molecule has 1 N–H and O–H groups in total. The van der Waals surface area contributed by atoms with Crippen LogP contribution in [0.3, 0.4) is 0 Å². The van der Waals surface area contributed by atoms with Gasteiger partial charge in [0.1, 0.15) is 5.82 Å². The molecule has 138 valence electrons. The molecular weight excluding hydrogens is 428 g/mol. The predicted molar refractivity (Wildman–Crippen MR) is 98.6 cm³/mol. The minimum absolute atomic E-state index is 0.0430. The molecule has 0 spiro atoms. The minimum atomic E-state index is -3.90. The molecular formula is C17H16BrF2N3O2S. The SMILES string of the molecule is Cc1cc(S(=O)(=O)N[C@@H](C)c2nc3ccccc3n2C(F)F)ccc1Br. The van der Waals surface area contributed by atoms with E-state index < -0.39 is 22.6 Å². The van der Waals surface area contributed by atoms with Crippen LogP contribution < -0.4 is 4.72 Å². The Bertz CT molecular complexity index is 1070. The Morgan fingerprint density at radius 2 is 1.88 bits per heavy atom. The summed E-state index contributed by atoms with van der Waals surface area (Å²) in [6.07, 6.45) is 0. The van der Waals surface area contributed by atoms with Crippen LogP contribution in [0.15, 0.2) is 51.8 Å². The van der Waals surface area contributed by atoms with Gasteiger partial charge in [0.2, 0.25) is 10.0 Å². The molecule has 1 aromatic heterocycles. The number of hydrogen-bond acceptors (Lipinski definition) is 3. The maximum atomic E-state index is 13.5. The summed E-state index contributed by atoms with van der Waals surface area (Å²) in [5, 5.41) is 0. The number of benzene rings is 2. The lowest BCUT2D eigenvalue weighted by Crippen LogP contribution is -2.29. The second kappa shape index (κ2) is 7.05. The van der Waals surface area contributed by atoms with Crippen LogP contribution in [-0.4, -0.2) is 18.0 Å². The molecule has 2 aromatic carbocycles. The van der Waals surface area contributed by atoms with E-state index in [1.807, 2.05) is 0 Å². The number of hydrogen-bond donors (Lipinski definition) is 1. The van der Waals surface area contributed by atoms with E-state index in [4.69, 9.17) is 0 Å². The molecule has 3 rings (SSSR count). The molecule has 26 heavy (non-hydrogen) atoms. The minimum Gasteiger partial charge on any atom is -0.269 e. The number of fused-ring (bicyclic) bond motifs is 1. The molecule has 1 atom stereocenters. The number of alkyl halides is 2. The number of nitrogens with zero attached hydrogens (tertiary/aromatic N) is 2. The molecule has 1 heterocycles. The highest BCUT2D eigenvalue weighted by molar-refractivity contribution is 9.10. The summed E-state index contributed by atoms with van der Waals surface area (Å²) in [6, 6.07) is 10.1. The van der Waals surface area contributed by atoms with Gasteiger partial charge >= 0.3 is 6.55 Å². The number of aromatic nitrogens is 2. The van der Waals surface area contributed by atoms with Crippen LogP contribution in [0.1, 0.15) is 30.9 Å². The standard InChI is InChI=1S/C17H16BrF2N3O2S/c1-10-9-12(7-8-13(10)18)26(24,25)22-11(2)16-21-14-5-3-4-6-15(14)23(16)17(19)20/h3-9,11,17,22H,1-2H3/t11-/m0/s1. The summed E-state index contributed by atoms with van der Waals surface area (Å²) in [5.41, 5.74) is 1.39. The molecule has 5 nitrogen and oxygen atoms in total. The van der Waals surface area contributed by atoms with Crippen molar-refractivity contribution in [1.29, 1.82) is 0 Å². The first-order chi connectivity index (χ1) is 12.2. The second-order valence-electron chi connectivity index (χ2n) is 5.86. The number of nitrogens with one attached hydrogen (secondary N) is 1. The molecule has 0 aliphatic heterocycles. The average Bonchev–Trinajstić information content (AvgIpc) is 2.96. The summed E-state index contributed by atoms with van der Waals surface area (Å²) in [4.78, 5) is 4.25. The third-order valence-corrected chi connectivity index (χ3v) is 6.41. The number of halogens is 3. The quantitative estimate of drug-likeness (QED) is 0.629. The van der Waals surface area contributed by atoms with Crippen LogP contribution in [0, 0.1) is 6.92 Å². The number of imidazole rings is 1. The lowest BCUT2D eigenvalue weighted by molar-refractivity contribution is 0.0702. The van der Waals surface area contributed by atoms with Gasteiger partial charge in [-0.05, 0) is 49.7 Å². The Labute approximate surface area is 158 Å². The van der Waals surface area contributed by atoms with E-state index in [1.54, 1.807) is 31.2 Å². The van der Waals surface area contributed by atoms with E-state index in [2.05, 4.69) is 25.6 Å². The van der Waals surface area contributed by atoms with Gasteiger partial charge in [-0.15, -0.1) is 0 Å². The second-order valence-corrected chi connectivity index (χ2v) is 8.43. The molecule has 0 fully saturated rings. The average molecular weight is 444 g/mol. The van der Waals surface area contributed by atoms with E-state index in [-0.39, 0.29) is 16.2 Å². The van der Waals surface area contributed by atoms with E-state index in [0.717, 1.165) is 14.6 Å². The van der Waals surface area contributed by atoms with Crippen LogP contribution >= 0.6 is 15.9 Å². The summed E-state index contributed by atoms with van der Waals surface area (Å²) in [5.74, 6) is -0.0430. The zero-order chi connectivity index (χ0) is 19.1. The first kappa shape index (κ1) is 18.9. The van der Waals surface area contributed by atoms with E-state index >= 15 is 0 Å². The number of aryl methyl sites for hydroxylation is 1. The van der Waals surface area contributed by atoms with Gasteiger partial charge in [-0.25, -0.2) is 18.1 Å². The van der Waals surface area contributed by atoms with Crippen LogP contribution in [0.5, 0.6) is 0 Å². The van der Waals surface area contributed by atoms with Gasteiger partial charge in [-0.2, -0.15) is 8.78 Å². The molecule has 0 saturated heterocycles. The number of para-hydroxylation sites is 2. The third-order valence-electron chi connectivity index (χ3n) is 3.98. The van der Waals surface area contributed by atoms with Crippen molar-refractivity contribution in [2.24, 2.45) is 0 Å². The summed E-state index contributed by atoms with van der Waals surface area (Å²) >= 11 is 3.32. The normalized spacial score (nSPS) is 13.5. The highest BCUT2D eigenvalue weighted by atomic mass is 79.9. The van der Waals surface area contributed by atoms with Crippen molar-refractivity contribution in [3.8, 4) is 0 Å². The lowest BCUT2D eigenvalue weighted by atomic mass is 10.2. The van der Waals surface area contributed by atoms with E-state index in [0.29, 0.717) is 5.52 Å². The zero-order valence-corrected chi connectivity index (χ0v) is 16.4. The molecule has 0 bridgehead atoms.